The summed E-state index contributed by atoms with van der Waals surface area (Å²) in [5, 5.41) is 2.94. The summed E-state index contributed by atoms with van der Waals surface area (Å²) in [5.74, 6) is -1.57. The maximum Gasteiger partial charge on any atom is 0.223 e. The van der Waals surface area contributed by atoms with Crippen molar-refractivity contribution in [2.45, 2.75) is 0 Å². The lowest BCUT2D eigenvalue weighted by molar-refractivity contribution is 0.510. The first-order valence-corrected chi connectivity index (χ1v) is 4.19. The highest BCUT2D eigenvalue weighted by molar-refractivity contribution is 5.69. The molecule has 72 valence electrons. The standard InChI is InChI=1S/C10H8F2N2/c11-9-4-3-8(10(12)14-9)7-2-1-5-13-6-7/h1-5,13H,6H2. The van der Waals surface area contributed by atoms with Crippen LogP contribution >= 0.6 is 0 Å². The van der Waals surface area contributed by atoms with Gasteiger partial charge in [0, 0.05) is 12.1 Å². The normalized spacial score (nSPS) is 14.9. The third-order valence-corrected chi connectivity index (χ3v) is 1.96. The Hall–Kier alpha value is -1.71. The average Bonchev–Trinajstić information content (AvgIpc) is 2.19. The van der Waals surface area contributed by atoms with Gasteiger partial charge in [0.25, 0.3) is 0 Å². The fourth-order valence-electron chi connectivity index (χ4n) is 1.30. The number of dihydropyridines is 1. The Bertz CT molecular complexity index is 411. The van der Waals surface area contributed by atoms with E-state index < -0.39 is 11.9 Å². The molecule has 1 N–H and O–H groups in total. The van der Waals surface area contributed by atoms with E-state index in [1.165, 1.54) is 6.07 Å². The molecule has 0 radical (unpaired) electrons. The van der Waals surface area contributed by atoms with Crippen LogP contribution in [0, 0.1) is 11.9 Å². The van der Waals surface area contributed by atoms with Gasteiger partial charge in [-0.2, -0.15) is 13.8 Å². The maximum absolute atomic E-state index is 13.2. The van der Waals surface area contributed by atoms with Crippen LogP contribution < -0.4 is 5.32 Å². The van der Waals surface area contributed by atoms with Crippen LogP contribution in [0.1, 0.15) is 5.56 Å². The number of hydrogen-bond acceptors (Lipinski definition) is 2. The minimum absolute atomic E-state index is 0.336. The first-order chi connectivity index (χ1) is 6.77. The van der Waals surface area contributed by atoms with Crippen LogP contribution in [-0.4, -0.2) is 11.5 Å². The van der Waals surface area contributed by atoms with Crippen LogP contribution in [0.15, 0.2) is 30.5 Å². The fraction of sp³-hybridized carbons (Fsp3) is 0.100. The number of allylic oxidation sites excluding steroid dienone is 2. The average molecular weight is 194 g/mol. The highest BCUT2D eigenvalue weighted by Crippen LogP contribution is 2.18. The van der Waals surface area contributed by atoms with E-state index in [1.807, 2.05) is 0 Å². The third-order valence-electron chi connectivity index (χ3n) is 1.96. The second-order valence-electron chi connectivity index (χ2n) is 2.90. The molecule has 0 unspecified atom stereocenters. The quantitative estimate of drug-likeness (QED) is 0.690. The second-order valence-corrected chi connectivity index (χ2v) is 2.90. The second kappa shape index (κ2) is 3.57. The van der Waals surface area contributed by atoms with Gasteiger partial charge in [-0.25, -0.2) is 0 Å². The predicted octanol–water partition coefficient (Wildman–Crippen LogP) is 1.86. The molecule has 1 aromatic heterocycles. The molecule has 0 saturated heterocycles. The molecule has 1 aliphatic rings. The molecule has 0 saturated carbocycles. The lowest BCUT2D eigenvalue weighted by Gasteiger charge is -2.10. The summed E-state index contributed by atoms with van der Waals surface area (Å²) in [5.41, 5.74) is 1.10. The van der Waals surface area contributed by atoms with Crippen LogP contribution in [0.4, 0.5) is 8.78 Å². The van der Waals surface area contributed by atoms with Crippen molar-refractivity contribution in [1.29, 1.82) is 0 Å². The molecule has 0 aliphatic carbocycles. The highest BCUT2D eigenvalue weighted by atomic mass is 19.1. The predicted molar refractivity (Wildman–Crippen MR) is 49.3 cm³/mol. The van der Waals surface area contributed by atoms with Crippen LogP contribution in [0.25, 0.3) is 5.57 Å². The van der Waals surface area contributed by atoms with E-state index in [1.54, 1.807) is 18.4 Å². The number of halogens is 2. The molecule has 14 heavy (non-hydrogen) atoms. The summed E-state index contributed by atoms with van der Waals surface area (Å²) in [7, 11) is 0. The van der Waals surface area contributed by atoms with Crippen LogP contribution in [-0.2, 0) is 0 Å². The van der Waals surface area contributed by atoms with Crippen molar-refractivity contribution in [2.24, 2.45) is 0 Å². The Kier molecular flexibility index (Phi) is 2.26. The van der Waals surface area contributed by atoms with Crippen molar-refractivity contribution < 1.29 is 8.78 Å². The summed E-state index contributed by atoms with van der Waals surface area (Å²) in [4.78, 5) is 3.12. The Morgan fingerprint density at radius 3 is 2.79 bits per heavy atom. The monoisotopic (exact) mass is 194 g/mol. The summed E-state index contributed by atoms with van der Waals surface area (Å²) in [6.45, 7) is 0.529. The van der Waals surface area contributed by atoms with Gasteiger partial charge in [0.2, 0.25) is 11.9 Å². The van der Waals surface area contributed by atoms with E-state index >= 15 is 0 Å². The maximum atomic E-state index is 13.2. The van der Waals surface area contributed by atoms with Crippen LogP contribution in [0.5, 0.6) is 0 Å². The first kappa shape index (κ1) is 8.87. The van der Waals surface area contributed by atoms with Crippen molar-refractivity contribution in [3.63, 3.8) is 0 Å². The van der Waals surface area contributed by atoms with Gasteiger partial charge < -0.3 is 5.32 Å². The molecule has 2 nitrogen and oxygen atoms in total. The number of hydrogen-bond donors (Lipinski definition) is 1. The summed E-state index contributed by atoms with van der Waals surface area (Å²) >= 11 is 0. The highest BCUT2D eigenvalue weighted by Gasteiger charge is 2.10. The van der Waals surface area contributed by atoms with Gasteiger partial charge in [-0.15, -0.1) is 0 Å². The van der Waals surface area contributed by atoms with Gasteiger partial charge in [0.05, 0.1) is 0 Å². The van der Waals surface area contributed by atoms with E-state index in [4.69, 9.17) is 0 Å². The molecule has 0 fully saturated rings. The third kappa shape index (κ3) is 1.64. The molecular formula is C10H8F2N2. The first-order valence-electron chi connectivity index (χ1n) is 4.19. The SMILES string of the molecule is Fc1ccc(C2=CC=CNC2)c(F)n1. The van der Waals surface area contributed by atoms with Crippen molar-refractivity contribution in [3.05, 3.63) is 47.9 Å². The fourth-order valence-corrected chi connectivity index (χ4v) is 1.30. The van der Waals surface area contributed by atoms with E-state index in [0.29, 0.717) is 12.1 Å². The Morgan fingerprint density at radius 2 is 2.14 bits per heavy atom. The van der Waals surface area contributed by atoms with Gasteiger partial charge in [0.1, 0.15) is 0 Å². The van der Waals surface area contributed by atoms with Crippen molar-refractivity contribution in [1.82, 2.24) is 10.3 Å². The Balaban J connectivity index is 2.41. The zero-order valence-corrected chi connectivity index (χ0v) is 7.30. The smallest absolute Gasteiger partial charge is 0.223 e. The largest absolute Gasteiger partial charge is 0.387 e. The molecule has 0 spiro atoms. The van der Waals surface area contributed by atoms with Crippen molar-refractivity contribution >= 4 is 5.57 Å². The topological polar surface area (TPSA) is 24.9 Å². The minimum atomic E-state index is -0.800. The summed E-state index contributed by atoms with van der Waals surface area (Å²) in [6, 6.07) is 2.54. The number of nitrogens with one attached hydrogen (secondary N) is 1. The zero-order chi connectivity index (χ0) is 9.97. The van der Waals surface area contributed by atoms with E-state index in [2.05, 4.69) is 10.3 Å². The van der Waals surface area contributed by atoms with E-state index in [-0.39, 0.29) is 0 Å². The van der Waals surface area contributed by atoms with Crippen molar-refractivity contribution in [2.75, 3.05) is 6.54 Å². The molecule has 0 aromatic carbocycles. The van der Waals surface area contributed by atoms with Gasteiger partial charge >= 0.3 is 0 Å². The lowest BCUT2D eigenvalue weighted by Crippen LogP contribution is -2.13. The minimum Gasteiger partial charge on any atom is -0.387 e. The molecule has 1 aromatic rings. The van der Waals surface area contributed by atoms with Gasteiger partial charge in [0.15, 0.2) is 0 Å². The molecule has 2 rings (SSSR count). The number of nitrogens with zero attached hydrogens (tertiary/aromatic N) is 1. The number of pyridine rings is 1. The molecule has 0 atom stereocenters. The van der Waals surface area contributed by atoms with E-state index in [0.717, 1.165) is 11.6 Å². The summed E-state index contributed by atoms with van der Waals surface area (Å²) < 4.78 is 25.7. The molecule has 0 amide bonds. The molecule has 4 heteroatoms. The molecular weight excluding hydrogens is 186 g/mol. The van der Waals surface area contributed by atoms with Gasteiger partial charge in [-0.05, 0) is 30.0 Å². The molecule has 1 aliphatic heterocycles. The Labute approximate surface area is 80.0 Å². The van der Waals surface area contributed by atoms with Crippen LogP contribution in [0.3, 0.4) is 0 Å². The van der Waals surface area contributed by atoms with Crippen LogP contribution in [0.2, 0.25) is 0 Å². The Morgan fingerprint density at radius 1 is 1.29 bits per heavy atom. The molecule has 2 heterocycles. The van der Waals surface area contributed by atoms with Gasteiger partial charge in [-0.3, -0.25) is 0 Å². The van der Waals surface area contributed by atoms with Crippen molar-refractivity contribution in [3.8, 4) is 0 Å². The number of aromatic nitrogens is 1. The zero-order valence-electron chi connectivity index (χ0n) is 7.30. The molecule has 0 bridgehead atoms. The number of rotatable bonds is 1. The lowest BCUT2D eigenvalue weighted by atomic mass is 10.1. The van der Waals surface area contributed by atoms with Gasteiger partial charge in [-0.1, -0.05) is 6.08 Å². The van der Waals surface area contributed by atoms with E-state index in [9.17, 15) is 8.78 Å². The summed E-state index contributed by atoms with van der Waals surface area (Å²) in [6.07, 6.45) is 5.30.